The van der Waals surface area contributed by atoms with Crippen LogP contribution in [0.3, 0.4) is 0 Å². The maximum absolute atomic E-state index is 11.7. The number of benzene rings is 1. The number of rotatable bonds is 7. The second-order valence-electron chi connectivity index (χ2n) is 4.52. The number of imide groups is 1. The van der Waals surface area contributed by atoms with Crippen LogP contribution in [0, 0.1) is 0 Å². The highest BCUT2D eigenvalue weighted by atomic mass is 79.9. The third kappa shape index (κ3) is 5.73. The number of hydrogen-bond acceptors (Lipinski definition) is 4. The van der Waals surface area contributed by atoms with Gasteiger partial charge in [0.25, 0.3) is 5.91 Å². The molecule has 1 aromatic rings. The molecule has 116 valence electrons. The topological polar surface area (TPSA) is 93.4 Å². The van der Waals surface area contributed by atoms with Crippen molar-refractivity contribution in [2.75, 3.05) is 6.54 Å². The van der Waals surface area contributed by atoms with Crippen molar-refractivity contribution >= 4 is 27.9 Å². The lowest BCUT2D eigenvalue weighted by molar-refractivity contribution is -0.126. The number of nitrogens with one attached hydrogen (secondary N) is 2. The summed E-state index contributed by atoms with van der Waals surface area (Å²) in [6.45, 7) is 5.17. The minimum atomic E-state index is -0.896. The Bertz CT molecular complexity index is 508. The van der Waals surface area contributed by atoms with E-state index < -0.39 is 18.0 Å². The van der Waals surface area contributed by atoms with Crippen molar-refractivity contribution in [1.82, 2.24) is 10.6 Å². The largest absolute Gasteiger partial charge is 0.479 e. The Hall–Kier alpha value is -1.60. The molecule has 1 rings (SSSR count). The van der Waals surface area contributed by atoms with E-state index >= 15 is 0 Å². The standard InChI is InChI=1S/C14H20BrN3O3/c1-3-7-17-8-10-5-4-6-11(15)12(10)21-9(2)13(19)18-14(16)20/h4-6,9,17H,3,7-8H2,1-2H3,(H3,16,18,19,20). The maximum atomic E-state index is 11.7. The second-order valence-corrected chi connectivity index (χ2v) is 5.37. The first kappa shape index (κ1) is 17.5. The van der Waals surface area contributed by atoms with Gasteiger partial charge in [-0.1, -0.05) is 19.1 Å². The fourth-order valence-corrected chi connectivity index (χ4v) is 2.18. The molecule has 0 spiro atoms. The third-order valence-electron chi connectivity index (χ3n) is 2.70. The summed E-state index contributed by atoms with van der Waals surface area (Å²) in [5.41, 5.74) is 5.85. The van der Waals surface area contributed by atoms with Gasteiger partial charge < -0.3 is 15.8 Å². The van der Waals surface area contributed by atoms with Crippen molar-refractivity contribution in [3.05, 3.63) is 28.2 Å². The van der Waals surface area contributed by atoms with Gasteiger partial charge in [0.1, 0.15) is 5.75 Å². The van der Waals surface area contributed by atoms with Crippen molar-refractivity contribution in [3.63, 3.8) is 0 Å². The van der Waals surface area contributed by atoms with Gasteiger partial charge in [0.2, 0.25) is 0 Å². The van der Waals surface area contributed by atoms with Gasteiger partial charge in [-0.15, -0.1) is 0 Å². The molecule has 0 fully saturated rings. The molecule has 0 aliphatic heterocycles. The Balaban J connectivity index is 2.80. The monoisotopic (exact) mass is 357 g/mol. The quantitative estimate of drug-likeness (QED) is 0.649. The minimum absolute atomic E-state index is 0.577. The van der Waals surface area contributed by atoms with Crippen molar-refractivity contribution in [2.24, 2.45) is 5.73 Å². The normalized spacial score (nSPS) is 11.8. The van der Waals surface area contributed by atoms with Gasteiger partial charge in [0.05, 0.1) is 4.47 Å². The van der Waals surface area contributed by atoms with Crippen LogP contribution in [-0.4, -0.2) is 24.6 Å². The summed E-state index contributed by atoms with van der Waals surface area (Å²) < 4.78 is 6.41. The van der Waals surface area contributed by atoms with E-state index in [1.54, 1.807) is 6.92 Å². The number of ether oxygens (including phenoxy) is 1. The molecular weight excluding hydrogens is 338 g/mol. The Morgan fingerprint density at radius 2 is 2.14 bits per heavy atom. The molecule has 0 bridgehead atoms. The zero-order valence-corrected chi connectivity index (χ0v) is 13.7. The Morgan fingerprint density at radius 1 is 1.43 bits per heavy atom. The van der Waals surface area contributed by atoms with Crippen LogP contribution in [0.2, 0.25) is 0 Å². The molecule has 1 atom stereocenters. The summed E-state index contributed by atoms with van der Waals surface area (Å²) in [5.74, 6) is -0.000978. The third-order valence-corrected chi connectivity index (χ3v) is 3.33. The number of nitrogens with two attached hydrogens (primary N) is 1. The number of carbonyl (C=O) groups is 2. The van der Waals surface area contributed by atoms with Crippen LogP contribution in [-0.2, 0) is 11.3 Å². The van der Waals surface area contributed by atoms with Crippen LogP contribution in [0.5, 0.6) is 5.75 Å². The molecule has 0 aromatic heterocycles. The van der Waals surface area contributed by atoms with E-state index in [1.165, 1.54) is 0 Å². The van der Waals surface area contributed by atoms with Crippen LogP contribution < -0.4 is 21.1 Å². The predicted octanol–water partition coefficient (Wildman–Crippen LogP) is 1.91. The fraction of sp³-hybridized carbons (Fsp3) is 0.429. The molecule has 3 amide bonds. The molecule has 0 saturated heterocycles. The number of halogens is 1. The molecule has 1 aromatic carbocycles. The fourth-order valence-electron chi connectivity index (χ4n) is 1.68. The van der Waals surface area contributed by atoms with Gasteiger partial charge in [-0.3, -0.25) is 10.1 Å². The summed E-state index contributed by atoms with van der Waals surface area (Å²) >= 11 is 3.41. The average molecular weight is 358 g/mol. The van der Waals surface area contributed by atoms with Gasteiger partial charge in [0, 0.05) is 12.1 Å². The van der Waals surface area contributed by atoms with E-state index in [0.29, 0.717) is 12.3 Å². The van der Waals surface area contributed by atoms with E-state index in [4.69, 9.17) is 10.5 Å². The summed E-state index contributed by atoms with van der Waals surface area (Å²) in [5, 5.41) is 5.28. The molecule has 4 N–H and O–H groups in total. The van der Waals surface area contributed by atoms with E-state index in [-0.39, 0.29) is 0 Å². The number of primary amides is 1. The van der Waals surface area contributed by atoms with Crippen molar-refractivity contribution in [1.29, 1.82) is 0 Å². The second kappa shape index (κ2) is 8.63. The summed E-state index contributed by atoms with van der Waals surface area (Å²) in [6, 6.07) is 4.75. The van der Waals surface area contributed by atoms with Crippen LogP contribution >= 0.6 is 15.9 Å². The molecule has 6 nitrogen and oxygen atoms in total. The summed E-state index contributed by atoms with van der Waals surface area (Å²) in [4.78, 5) is 22.4. The first-order valence-corrected chi connectivity index (χ1v) is 7.50. The van der Waals surface area contributed by atoms with E-state index in [1.807, 2.05) is 23.5 Å². The van der Waals surface area contributed by atoms with Gasteiger partial charge in [-0.05, 0) is 41.9 Å². The number of urea groups is 1. The molecule has 21 heavy (non-hydrogen) atoms. The first-order chi connectivity index (χ1) is 9.95. The van der Waals surface area contributed by atoms with Crippen LogP contribution in [0.4, 0.5) is 4.79 Å². The molecule has 0 heterocycles. The number of amides is 3. The van der Waals surface area contributed by atoms with Crippen LogP contribution in [0.25, 0.3) is 0 Å². The lowest BCUT2D eigenvalue weighted by atomic mass is 10.2. The first-order valence-electron chi connectivity index (χ1n) is 6.70. The summed E-state index contributed by atoms with van der Waals surface area (Å²) in [6.07, 6.45) is 0.197. The molecule has 0 aliphatic carbocycles. The lowest BCUT2D eigenvalue weighted by Crippen LogP contribution is -2.42. The highest BCUT2D eigenvalue weighted by molar-refractivity contribution is 9.10. The Labute approximate surface area is 132 Å². The SMILES string of the molecule is CCCNCc1cccc(Br)c1OC(C)C(=O)NC(N)=O. The smallest absolute Gasteiger partial charge is 0.318 e. The van der Waals surface area contributed by atoms with E-state index in [0.717, 1.165) is 23.0 Å². The maximum Gasteiger partial charge on any atom is 0.318 e. The predicted molar refractivity (Wildman–Crippen MR) is 84.0 cm³/mol. The lowest BCUT2D eigenvalue weighted by Gasteiger charge is -2.18. The molecule has 1 unspecified atom stereocenters. The van der Waals surface area contributed by atoms with Gasteiger partial charge in [0.15, 0.2) is 6.10 Å². The highest BCUT2D eigenvalue weighted by Crippen LogP contribution is 2.30. The van der Waals surface area contributed by atoms with Crippen LogP contribution in [0.15, 0.2) is 22.7 Å². The minimum Gasteiger partial charge on any atom is -0.479 e. The van der Waals surface area contributed by atoms with Crippen LogP contribution in [0.1, 0.15) is 25.8 Å². The van der Waals surface area contributed by atoms with Gasteiger partial charge >= 0.3 is 6.03 Å². The van der Waals surface area contributed by atoms with Crippen molar-refractivity contribution < 1.29 is 14.3 Å². The molecule has 0 saturated carbocycles. The zero-order valence-electron chi connectivity index (χ0n) is 12.1. The van der Waals surface area contributed by atoms with Gasteiger partial charge in [-0.25, -0.2) is 4.79 Å². The van der Waals surface area contributed by atoms with Crippen molar-refractivity contribution in [3.8, 4) is 5.75 Å². The van der Waals surface area contributed by atoms with E-state index in [2.05, 4.69) is 28.2 Å². The highest BCUT2D eigenvalue weighted by Gasteiger charge is 2.19. The van der Waals surface area contributed by atoms with Crippen molar-refractivity contribution in [2.45, 2.75) is 32.9 Å². The molecule has 7 heteroatoms. The molecule has 0 radical (unpaired) electrons. The average Bonchev–Trinajstić information content (AvgIpc) is 2.41. The Kier molecular flexibility index (Phi) is 7.18. The van der Waals surface area contributed by atoms with E-state index in [9.17, 15) is 9.59 Å². The molecular formula is C14H20BrN3O3. The Morgan fingerprint density at radius 3 is 2.76 bits per heavy atom. The number of carbonyl (C=O) groups excluding carboxylic acids is 2. The summed E-state index contributed by atoms with van der Waals surface area (Å²) in [7, 11) is 0. The number of hydrogen-bond donors (Lipinski definition) is 3. The molecule has 0 aliphatic rings. The van der Waals surface area contributed by atoms with Gasteiger partial charge in [-0.2, -0.15) is 0 Å². The number of para-hydroxylation sites is 1. The zero-order chi connectivity index (χ0) is 15.8.